The zero-order chi connectivity index (χ0) is 13.7. The van der Waals surface area contributed by atoms with Gasteiger partial charge in [-0.25, -0.2) is 4.79 Å². The molecule has 0 radical (unpaired) electrons. The van der Waals surface area contributed by atoms with Gasteiger partial charge in [0.25, 0.3) is 5.91 Å². The molecule has 1 unspecified atom stereocenters. The highest BCUT2D eigenvalue weighted by molar-refractivity contribution is 6.35. The van der Waals surface area contributed by atoms with Crippen LogP contribution in [0.15, 0.2) is 18.2 Å². The summed E-state index contributed by atoms with van der Waals surface area (Å²) >= 11 is 11.5. The van der Waals surface area contributed by atoms with Gasteiger partial charge in [0.15, 0.2) is 6.04 Å². The molecule has 1 aromatic rings. The molecule has 3 N–H and O–H groups in total. The minimum atomic E-state index is -1.39. The summed E-state index contributed by atoms with van der Waals surface area (Å²) in [6, 6.07) is 3.11. The highest BCUT2D eigenvalue weighted by atomic mass is 35.5. The number of hydrogen-bond donors (Lipinski definition) is 2. The zero-order valence-electron chi connectivity index (χ0n) is 9.57. The van der Waals surface area contributed by atoms with Crippen LogP contribution < -0.4 is 11.1 Å². The van der Waals surface area contributed by atoms with Crippen LogP contribution in [0, 0.1) is 0 Å². The fourth-order valence-corrected chi connectivity index (χ4v) is 1.71. The van der Waals surface area contributed by atoms with E-state index >= 15 is 0 Å². The Morgan fingerprint density at radius 3 is 2.39 bits per heavy atom. The molecule has 1 rings (SSSR count). The lowest BCUT2D eigenvalue weighted by atomic mass is 10.2. The van der Waals surface area contributed by atoms with Crippen LogP contribution in [0.5, 0.6) is 0 Å². The first kappa shape index (κ1) is 14.8. The summed E-state index contributed by atoms with van der Waals surface area (Å²) in [6.07, 6.45) is 0. The highest BCUT2D eigenvalue weighted by Crippen LogP contribution is 2.22. The number of nitrogens with one attached hydrogen (secondary N) is 1. The average Bonchev–Trinajstić information content (AvgIpc) is 2.26. The van der Waals surface area contributed by atoms with E-state index in [1.54, 1.807) is 6.92 Å². The second-order valence-corrected chi connectivity index (χ2v) is 4.25. The highest BCUT2D eigenvalue weighted by Gasteiger charge is 2.23. The van der Waals surface area contributed by atoms with Crippen molar-refractivity contribution < 1.29 is 14.3 Å². The van der Waals surface area contributed by atoms with Gasteiger partial charge in [0.05, 0.1) is 6.61 Å². The Morgan fingerprint density at radius 1 is 1.33 bits per heavy atom. The summed E-state index contributed by atoms with van der Waals surface area (Å²) in [4.78, 5) is 22.9. The minimum Gasteiger partial charge on any atom is -0.464 e. The number of ether oxygens (including phenoxy) is 1. The van der Waals surface area contributed by atoms with Gasteiger partial charge >= 0.3 is 5.97 Å². The third-order valence-corrected chi connectivity index (χ3v) is 2.39. The van der Waals surface area contributed by atoms with E-state index in [9.17, 15) is 9.59 Å². The lowest BCUT2D eigenvalue weighted by molar-refractivity contribution is -0.146. The fraction of sp³-hybridized carbons (Fsp3) is 0.273. The first-order valence-corrected chi connectivity index (χ1v) is 5.88. The van der Waals surface area contributed by atoms with E-state index in [0.29, 0.717) is 15.7 Å². The van der Waals surface area contributed by atoms with Gasteiger partial charge in [-0.05, 0) is 25.1 Å². The molecule has 0 fully saturated rings. The summed E-state index contributed by atoms with van der Waals surface area (Å²) in [6.45, 7) is 1.78. The molecule has 0 aliphatic heterocycles. The molecule has 0 spiro atoms. The van der Waals surface area contributed by atoms with Crippen LogP contribution in [0.4, 0.5) is 5.69 Å². The molecule has 18 heavy (non-hydrogen) atoms. The maximum absolute atomic E-state index is 11.6. The van der Waals surface area contributed by atoms with Crippen LogP contribution in [-0.2, 0) is 14.3 Å². The Bertz CT molecular complexity index is 445. The van der Waals surface area contributed by atoms with Gasteiger partial charge in [-0.2, -0.15) is 0 Å². The predicted molar refractivity (Wildman–Crippen MR) is 69.7 cm³/mol. The van der Waals surface area contributed by atoms with E-state index in [2.05, 4.69) is 10.1 Å². The van der Waals surface area contributed by atoms with Crippen LogP contribution in [0.1, 0.15) is 6.92 Å². The quantitative estimate of drug-likeness (QED) is 0.655. The van der Waals surface area contributed by atoms with E-state index in [0.717, 1.165) is 0 Å². The Labute approximate surface area is 114 Å². The monoisotopic (exact) mass is 290 g/mol. The molecule has 0 aliphatic carbocycles. The normalized spacial score (nSPS) is 11.8. The molecule has 0 bridgehead atoms. The Kier molecular flexibility index (Phi) is 5.40. The van der Waals surface area contributed by atoms with E-state index in [1.807, 2.05) is 0 Å². The minimum absolute atomic E-state index is 0.156. The number of benzene rings is 1. The number of nitrogens with two attached hydrogens (primary N) is 1. The van der Waals surface area contributed by atoms with Crippen LogP contribution in [-0.4, -0.2) is 24.5 Å². The van der Waals surface area contributed by atoms with Crippen molar-refractivity contribution in [1.29, 1.82) is 0 Å². The van der Waals surface area contributed by atoms with Crippen molar-refractivity contribution in [1.82, 2.24) is 0 Å². The molecule has 0 saturated heterocycles. The predicted octanol–water partition coefficient (Wildman–Crippen LogP) is 1.82. The first-order valence-electron chi connectivity index (χ1n) is 5.13. The van der Waals surface area contributed by atoms with Crippen molar-refractivity contribution in [2.24, 2.45) is 5.73 Å². The van der Waals surface area contributed by atoms with E-state index < -0.39 is 17.9 Å². The number of esters is 1. The smallest absolute Gasteiger partial charge is 0.332 e. The maximum Gasteiger partial charge on any atom is 0.332 e. The average molecular weight is 291 g/mol. The molecule has 0 saturated carbocycles. The number of carbonyl (C=O) groups excluding carboxylic acids is 2. The summed E-state index contributed by atoms with van der Waals surface area (Å²) in [5, 5.41) is 3.16. The van der Waals surface area contributed by atoms with Gasteiger partial charge in [0.2, 0.25) is 0 Å². The van der Waals surface area contributed by atoms with Crippen LogP contribution >= 0.6 is 23.2 Å². The van der Waals surface area contributed by atoms with Gasteiger partial charge in [0.1, 0.15) is 0 Å². The number of hydrogen-bond acceptors (Lipinski definition) is 4. The lowest BCUT2D eigenvalue weighted by Crippen LogP contribution is -2.43. The Balaban J connectivity index is 2.72. The largest absolute Gasteiger partial charge is 0.464 e. The van der Waals surface area contributed by atoms with Gasteiger partial charge in [-0.3, -0.25) is 4.79 Å². The van der Waals surface area contributed by atoms with E-state index in [1.165, 1.54) is 18.2 Å². The molecule has 5 nitrogen and oxygen atoms in total. The van der Waals surface area contributed by atoms with Crippen LogP contribution in [0.25, 0.3) is 0 Å². The zero-order valence-corrected chi connectivity index (χ0v) is 11.1. The maximum atomic E-state index is 11.6. The molecule has 1 aromatic carbocycles. The number of amides is 1. The molecule has 0 aliphatic rings. The molecular weight excluding hydrogens is 279 g/mol. The van der Waals surface area contributed by atoms with E-state index in [-0.39, 0.29) is 6.61 Å². The summed E-state index contributed by atoms with van der Waals surface area (Å²) < 4.78 is 4.63. The van der Waals surface area contributed by atoms with Crippen LogP contribution in [0.3, 0.4) is 0 Å². The van der Waals surface area contributed by atoms with Crippen molar-refractivity contribution in [2.75, 3.05) is 11.9 Å². The van der Waals surface area contributed by atoms with Gasteiger partial charge in [-0.1, -0.05) is 23.2 Å². The number of rotatable bonds is 4. The van der Waals surface area contributed by atoms with Crippen LogP contribution in [0.2, 0.25) is 10.0 Å². The topological polar surface area (TPSA) is 81.4 Å². The molecule has 0 heterocycles. The van der Waals surface area contributed by atoms with Crippen molar-refractivity contribution in [3.63, 3.8) is 0 Å². The standard InChI is InChI=1S/C11H12Cl2N2O3/c1-2-18-11(17)9(14)10(16)15-8-4-6(12)3-7(13)5-8/h3-5,9H,2,14H2,1H3,(H,15,16). The van der Waals surface area contributed by atoms with Crippen molar-refractivity contribution >= 4 is 40.8 Å². The fourth-order valence-electron chi connectivity index (χ4n) is 1.19. The molecule has 7 heteroatoms. The third-order valence-electron chi connectivity index (χ3n) is 1.95. The van der Waals surface area contributed by atoms with Crippen molar-refractivity contribution in [3.05, 3.63) is 28.2 Å². The molecular formula is C11H12Cl2N2O3. The second kappa shape index (κ2) is 6.58. The Hall–Kier alpha value is -1.30. The van der Waals surface area contributed by atoms with Crippen molar-refractivity contribution in [3.8, 4) is 0 Å². The summed E-state index contributed by atoms with van der Waals surface area (Å²) in [5.74, 6) is -1.48. The summed E-state index contributed by atoms with van der Waals surface area (Å²) in [7, 11) is 0. The molecule has 1 atom stereocenters. The SMILES string of the molecule is CCOC(=O)C(N)C(=O)Nc1cc(Cl)cc(Cl)c1. The molecule has 1 amide bonds. The van der Waals surface area contributed by atoms with Gasteiger partial charge < -0.3 is 15.8 Å². The number of halogens is 2. The van der Waals surface area contributed by atoms with Gasteiger partial charge in [-0.15, -0.1) is 0 Å². The molecule has 98 valence electrons. The summed E-state index contributed by atoms with van der Waals surface area (Å²) in [5.41, 5.74) is 5.78. The van der Waals surface area contributed by atoms with Gasteiger partial charge in [0, 0.05) is 15.7 Å². The van der Waals surface area contributed by atoms with Crippen molar-refractivity contribution in [2.45, 2.75) is 13.0 Å². The molecule has 0 aromatic heterocycles. The lowest BCUT2D eigenvalue weighted by Gasteiger charge is -2.11. The third kappa shape index (κ3) is 4.18. The first-order chi connectivity index (χ1) is 8.43. The number of anilines is 1. The number of carbonyl (C=O) groups is 2. The Morgan fingerprint density at radius 2 is 1.89 bits per heavy atom. The second-order valence-electron chi connectivity index (χ2n) is 3.38. The van der Waals surface area contributed by atoms with E-state index in [4.69, 9.17) is 28.9 Å².